The average molecular weight is 491 g/mol. The van der Waals surface area contributed by atoms with Gasteiger partial charge in [0.05, 0.1) is 25.3 Å². The van der Waals surface area contributed by atoms with Crippen molar-refractivity contribution in [2.75, 3.05) is 38.3 Å². The number of piperidine rings is 1. The van der Waals surface area contributed by atoms with Crippen LogP contribution in [0, 0.1) is 5.82 Å². The second-order valence-corrected chi connectivity index (χ2v) is 11.2. The average Bonchev–Trinajstić information content (AvgIpc) is 2.79. The minimum Gasteiger partial charge on any atom is -0.480 e. The van der Waals surface area contributed by atoms with Crippen LogP contribution in [0.5, 0.6) is 5.88 Å². The van der Waals surface area contributed by atoms with Gasteiger partial charge >= 0.3 is 0 Å². The van der Waals surface area contributed by atoms with E-state index in [9.17, 15) is 17.6 Å². The van der Waals surface area contributed by atoms with Crippen molar-refractivity contribution in [3.8, 4) is 5.88 Å². The highest BCUT2D eigenvalue weighted by Gasteiger charge is 2.55. The summed E-state index contributed by atoms with van der Waals surface area (Å²) < 4.78 is 45.6. The molecule has 1 amide bonds. The van der Waals surface area contributed by atoms with E-state index in [1.54, 1.807) is 0 Å². The van der Waals surface area contributed by atoms with Crippen molar-refractivity contribution >= 4 is 27.3 Å². The van der Waals surface area contributed by atoms with Gasteiger partial charge in [0.25, 0.3) is 5.91 Å². The van der Waals surface area contributed by atoms with Crippen LogP contribution in [0.25, 0.3) is 0 Å². The number of nitrogens with one attached hydrogen (secondary N) is 1. The quantitative estimate of drug-likeness (QED) is 0.654. The number of aromatic nitrogens is 2. The summed E-state index contributed by atoms with van der Waals surface area (Å²) in [6.45, 7) is 2.70. The first kappa shape index (κ1) is 24.0. The fourth-order valence-corrected chi connectivity index (χ4v) is 6.91. The third kappa shape index (κ3) is 4.11. The molecule has 0 unspecified atom stereocenters. The summed E-state index contributed by atoms with van der Waals surface area (Å²) in [6, 6.07) is 3.91. The van der Waals surface area contributed by atoms with Crippen molar-refractivity contribution < 1.29 is 22.3 Å². The SMILES string of the molecule is COc1cnc(C(=O)Nc2ccc(F)c([C@]3(C)CS(=O)(=O)C4(CCN(C)CC4)C(N)=N3)c2)cn1. The number of nitrogens with two attached hydrogens (primary N) is 1. The minimum atomic E-state index is -3.74. The summed E-state index contributed by atoms with van der Waals surface area (Å²) >= 11 is 0. The largest absolute Gasteiger partial charge is 0.480 e. The van der Waals surface area contributed by atoms with Crippen molar-refractivity contribution in [2.24, 2.45) is 10.7 Å². The molecule has 0 bridgehead atoms. The lowest BCUT2D eigenvalue weighted by atomic mass is 9.90. The van der Waals surface area contributed by atoms with Gasteiger partial charge in [0.1, 0.15) is 27.6 Å². The molecule has 0 radical (unpaired) electrons. The molecule has 0 aliphatic carbocycles. The van der Waals surface area contributed by atoms with Gasteiger partial charge in [-0.1, -0.05) is 0 Å². The van der Waals surface area contributed by atoms with E-state index in [2.05, 4.69) is 20.3 Å². The molecule has 3 heterocycles. The molecular weight excluding hydrogens is 463 g/mol. The topological polar surface area (TPSA) is 140 Å². The van der Waals surface area contributed by atoms with Crippen molar-refractivity contribution in [1.82, 2.24) is 14.9 Å². The van der Waals surface area contributed by atoms with Crippen LogP contribution in [0.15, 0.2) is 35.6 Å². The van der Waals surface area contributed by atoms with Crippen molar-refractivity contribution in [3.05, 3.63) is 47.7 Å². The Labute approximate surface area is 197 Å². The molecule has 10 nitrogen and oxygen atoms in total. The van der Waals surface area contributed by atoms with Crippen LogP contribution < -0.4 is 15.8 Å². The lowest BCUT2D eigenvalue weighted by molar-refractivity contribution is 0.102. The zero-order chi connectivity index (χ0) is 24.7. The predicted molar refractivity (Wildman–Crippen MR) is 125 cm³/mol. The zero-order valence-corrected chi connectivity index (χ0v) is 20.0. The maximum absolute atomic E-state index is 14.9. The van der Waals surface area contributed by atoms with Crippen LogP contribution in [-0.4, -0.2) is 72.8 Å². The van der Waals surface area contributed by atoms with Crippen LogP contribution in [0.2, 0.25) is 0 Å². The number of ether oxygens (including phenoxy) is 1. The van der Waals surface area contributed by atoms with Gasteiger partial charge in [-0.3, -0.25) is 9.79 Å². The van der Waals surface area contributed by atoms with Crippen LogP contribution in [0.3, 0.4) is 0 Å². The van der Waals surface area contributed by atoms with Crippen molar-refractivity contribution in [3.63, 3.8) is 0 Å². The van der Waals surface area contributed by atoms with Crippen LogP contribution in [0.1, 0.15) is 35.8 Å². The molecule has 34 heavy (non-hydrogen) atoms. The number of anilines is 1. The van der Waals surface area contributed by atoms with Crippen molar-refractivity contribution in [1.29, 1.82) is 0 Å². The number of sulfone groups is 1. The molecule has 182 valence electrons. The summed E-state index contributed by atoms with van der Waals surface area (Å²) in [6.07, 6.45) is 3.24. The van der Waals surface area contributed by atoms with Gasteiger partial charge in [-0.05, 0) is 58.1 Å². The number of carbonyl (C=O) groups excluding carboxylic acids is 1. The summed E-state index contributed by atoms with van der Waals surface area (Å²) in [7, 11) is -0.390. The van der Waals surface area contributed by atoms with E-state index < -0.39 is 31.8 Å². The van der Waals surface area contributed by atoms with Crippen molar-refractivity contribution in [2.45, 2.75) is 30.1 Å². The van der Waals surface area contributed by atoms with Gasteiger partial charge in [-0.25, -0.2) is 22.8 Å². The van der Waals surface area contributed by atoms with E-state index in [1.807, 2.05) is 11.9 Å². The molecule has 1 saturated heterocycles. The summed E-state index contributed by atoms with van der Waals surface area (Å²) in [5.74, 6) is -1.33. The minimum absolute atomic E-state index is 0.0108. The maximum atomic E-state index is 14.9. The highest BCUT2D eigenvalue weighted by molar-refractivity contribution is 7.93. The highest BCUT2D eigenvalue weighted by Crippen LogP contribution is 2.42. The first-order chi connectivity index (χ1) is 16.0. The van der Waals surface area contributed by atoms with E-state index in [1.165, 1.54) is 38.6 Å². The number of aliphatic imine (C=N–C) groups is 1. The fourth-order valence-electron chi connectivity index (χ4n) is 4.50. The van der Waals surface area contributed by atoms with Gasteiger partial charge in [0.2, 0.25) is 5.88 Å². The number of benzene rings is 1. The summed E-state index contributed by atoms with van der Waals surface area (Å²) in [5, 5.41) is 2.63. The Kier molecular flexibility index (Phi) is 6.06. The second kappa shape index (κ2) is 8.58. The lowest BCUT2D eigenvalue weighted by Gasteiger charge is -2.45. The molecule has 1 fully saturated rings. The molecule has 0 saturated carbocycles. The number of carbonyl (C=O) groups is 1. The second-order valence-electron chi connectivity index (χ2n) is 8.92. The van der Waals surface area contributed by atoms with Gasteiger partial charge in [0.15, 0.2) is 9.84 Å². The Morgan fingerprint density at radius 3 is 2.53 bits per heavy atom. The van der Waals surface area contributed by atoms with E-state index in [-0.39, 0.29) is 34.4 Å². The number of likely N-dealkylation sites (tertiary alicyclic amines) is 1. The summed E-state index contributed by atoms with van der Waals surface area (Å²) in [4.78, 5) is 27.1. The van der Waals surface area contributed by atoms with Crippen LogP contribution in [0.4, 0.5) is 10.1 Å². The molecule has 2 aromatic rings. The molecular formula is C22H27FN6O4S. The number of amidine groups is 1. The van der Waals surface area contributed by atoms with E-state index in [4.69, 9.17) is 10.5 Å². The van der Waals surface area contributed by atoms with E-state index >= 15 is 0 Å². The van der Waals surface area contributed by atoms with E-state index in [0.29, 0.717) is 25.9 Å². The monoisotopic (exact) mass is 490 g/mol. The van der Waals surface area contributed by atoms with E-state index in [0.717, 1.165) is 6.07 Å². The van der Waals surface area contributed by atoms with Gasteiger partial charge < -0.3 is 20.7 Å². The fraction of sp³-hybridized carbons (Fsp3) is 0.455. The van der Waals surface area contributed by atoms with Gasteiger partial charge in [-0.2, -0.15) is 0 Å². The molecule has 3 N–H and O–H groups in total. The zero-order valence-electron chi connectivity index (χ0n) is 19.2. The third-order valence-corrected chi connectivity index (χ3v) is 9.32. The summed E-state index contributed by atoms with van der Waals surface area (Å²) in [5.41, 5.74) is 5.16. The number of amides is 1. The van der Waals surface area contributed by atoms with Gasteiger partial charge in [-0.15, -0.1) is 0 Å². The number of rotatable bonds is 4. The molecule has 1 aromatic heterocycles. The smallest absolute Gasteiger partial charge is 0.275 e. The predicted octanol–water partition coefficient (Wildman–Crippen LogP) is 1.34. The Morgan fingerprint density at radius 2 is 1.94 bits per heavy atom. The first-order valence-electron chi connectivity index (χ1n) is 10.7. The Hall–Kier alpha value is -3.12. The molecule has 12 heteroatoms. The number of nitrogens with zero attached hydrogens (tertiary/aromatic N) is 4. The number of hydrogen-bond donors (Lipinski definition) is 2. The normalized spacial score (nSPS) is 23.8. The lowest BCUT2D eigenvalue weighted by Crippen LogP contribution is -2.62. The molecule has 2 aliphatic rings. The highest BCUT2D eigenvalue weighted by atomic mass is 32.2. The first-order valence-corrected chi connectivity index (χ1v) is 12.4. The van der Waals surface area contributed by atoms with Crippen LogP contribution >= 0.6 is 0 Å². The van der Waals surface area contributed by atoms with Crippen LogP contribution in [-0.2, 0) is 15.4 Å². The molecule has 1 spiro atoms. The maximum Gasteiger partial charge on any atom is 0.275 e. The molecule has 1 atom stereocenters. The molecule has 1 aromatic carbocycles. The standard InChI is InChI=1S/C22H27FN6O4S/c1-21(13-34(31,32)22(20(24)28-21)6-8-29(2)9-7-22)15-10-14(4-5-16(15)23)27-19(30)17-11-26-18(33-3)12-25-17/h4-5,10-12H,6-9,13H2,1-3H3,(H2,24,28)(H,27,30)/t21-/m0/s1. The molecule has 4 rings (SSSR count). The van der Waals surface area contributed by atoms with Gasteiger partial charge in [0, 0.05) is 11.3 Å². The number of halogens is 1. The molecule has 2 aliphatic heterocycles. The Bertz CT molecular complexity index is 1240. The Balaban J connectivity index is 1.66. The Morgan fingerprint density at radius 1 is 1.24 bits per heavy atom. The number of hydrogen-bond acceptors (Lipinski definition) is 9. The number of methoxy groups -OCH3 is 1. The third-order valence-electron chi connectivity index (χ3n) is 6.57.